The lowest BCUT2D eigenvalue weighted by atomic mass is 10.1. The third-order valence-electron chi connectivity index (χ3n) is 4.40. The number of carbonyl (C=O) groups excluding carboxylic acids is 2. The van der Waals surface area contributed by atoms with Crippen molar-refractivity contribution in [3.8, 4) is 21.8 Å². The highest BCUT2D eigenvalue weighted by molar-refractivity contribution is 7.17. The van der Waals surface area contributed by atoms with Gasteiger partial charge in [0.1, 0.15) is 16.3 Å². The van der Waals surface area contributed by atoms with Gasteiger partial charge < -0.3 is 4.90 Å². The molecule has 5 rings (SSSR count). The van der Waals surface area contributed by atoms with Crippen molar-refractivity contribution in [1.82, 2.24) is 15.3 Å². The number of imide groups is 1. The Morgan fingerprint density at radius 1 is 1.07 bits per heavy atom. The Hall–Kier alpha value is -2.88. The molecule has 6 nitrogen and oxygen atoms in total. The van der Waals surface area contributed by atoms with Gasteiger partial charge in [0.15, 0.2) is 5.82 Å². The van der Waals surface area contributed by atoms with Crippen LogP contribution in [0.3, 0.4) is 0 Å². The van der Waals surface area contributed by atoms with Gasteiger partial charge in [0.05, 0.1) is 10.3 Å². The lowest BCUT2D eigenvalue weighted by Gasteiger charge is -2.20. The SMILES string of the molecule is CN(C1=CC(=O)NC1=O)c1nc(-c2cccs2)nc2scc(-c3ccsc3)c12. The maximum atomic E-state index is 12.2. The summed E-state index contributed by atoms with van der Waals surface area (Å²) in [6.07, 6.45) is 1.30. The molecule has 2 amide bonds. The van der Waals surface area contributed by atoms with Crippen molar-refractivity contribution in [2.45, 2.75) is 0 Å². The van der Waals surface area contributed by atoms with E-state index in [0.717, 1.165) is 26.2 Å². The number of amides is 2. The molecule has 4 aromatic heterocycles. The number of nitrogens with zero attached hydrogens (tertiary/aromatic N) is 3. The van der Waals surface area contributed by atoms with Crippen molar-refractivity contribution in [2.75, 3.05) is 11.9 Å². The summed E-state index contributed by atoms with van der Waals surface area (Å²) in [4.78, 5) is 36.9. The van der Waals surface area contributed by atoms with Gasteiger partial charge in [-0.2, -0.15) is 11.3 Å². The van der Waals surface area contributed by atoms with E-state index >= 15 is 0 Å². The minimum Gasteiger partial charge on any atom is -0.324 e. The number of carbonyl (C=O) groups is 2. The van der Waals surface area contributed by atoms with Crippen LogP contribution in [-0.2, 0) is 9.59 Å². The number of likely N-dealkylation sites (N-methyl/N-ethyl adjacent to an activating group) is 1. The molecule has 0 atom stereocenters. The first-order valence-corrected chi connectivity index (χ1v) is 11.0. The zero-order valence-corrected chi connectivity index (χ0v) is 17.0. The molecule has 1 N–H and O–H groups in total. The molecule has 5 heterocycles. The highest BCUT2D eigenvalue weighted by Gasteiger charge is 2.28. The quantitative estimate of drug-likeness (QED) is 0.499. The normalized spacial score (nSPS) is 13.8. The Kier molecular flexibility index (Phi) is 4.08. The summed E-state index contributed by atoms with van der Waals surface area (Å²) < 4.78 is 0. The van der Waals surface area contributed by atoms with Crippen LogP contribution in [0.25, 0.3) is 32.0 Å². The number of hydrogen-bond donors (Lipinski definition) is 1. The molecule has 1 aliphatic rings. The summed E-state index contributed by atoms with van der Waals surface area (Å²) in [5.41, 5.74) is 2.37. The zero-order chi connectivity index (χ0) is 19.3. The average Bonchev–Trinajstić information content (AvgIpc) is 3.46. The predicted octanol–water partition coefficient (Wildman–Crippen LogP) is 4.12. The molecule has 138 valence electrons. The van der Waals surface area contributed by atoms with Crippen LogP contribution in [0.5, 0.6) is 0 Å². The topological polar surface area (TPSA) is 75.2 Å². The fourth-order valence-electron chi connectivity index (χ4n) is 3.08. The van der Waals surface area contributed by atoms with Crippen LogP contribution in [0.15, 0.2) is 51.5 Å². The molecule has 0 spiro atoms. The highest BCUT2D eigenvalue weighted by atomic mass is 32.1. The Bertz CT molecular complexity index is 1240. The smallest absolute Gasteiger partial charge is 0.274 e. The first kappa shape index (κ1) is 17.2. The van der Waals surface area contributed by atoms with E-state index in [9.17, 15) is 9.59 Å². The van der Waals surface area contributed by atoms with E-state index in [1.165, 1.54) is 6.08 Å². The Morgan fingerprint density at radius 2 is 1.96 bits per heavy atom. The molecule has 1 aliphatic heterocycles. The van der Waals surface area contributed by atoms with Crippen LogP contribution in [-0.4, -0.2) is 28.8 Å². The second-order valence-electron chi connectivity index (χ2n) is 6.10. The molecule has 0 aliphatic carbocycles. The number of anilines is 1. The van der Waals surface area contributed by atoms with Crippen LogP contribution in [0.2, 0.25) is 0 Å². The van der Waals surface area contributed by atoms with Gasteiger partial charge in [0.2, 0.25) is 0 Å². The second kappa shape index (κ2) is 6.62. The summed E-state index contributed by atoms with van der Waals surface area (Å²) in [5.74, 6) is 0.364. The first-order chi connectivity index (χ1) is 13.6. The van der Waals surface area contributed by atoms with Gasteiger partial charge in [0.25, 0.3) is 11.8 Å². The lowest BCUT2D eigenvalue weighted by Crippen LogP contribution is -2.29. The lowest BCUT2D eigenvalue weighted by molar-refractivity contribution is -0.123. The van der Waals surface area contributed by atoms with Gasteiger partial charge in [0, 0.05) is 24.1 Å². The van der Waals surface area contributed by atoms with Crippen LogP contribution >= 0.6 is 34.0 Å². The number of thiophene rings is 3. The average molecular weight is 425 g/mol. The Morgan fingerprint density at radius 3 is 2.64 bits per heavy atom. The third kappa shape index (κ3) is 2.75. The maximum Gasteiger partial charge on any atom is 0.274 e. The van der Waals surface area contributed by atoms with Crippen molar-refractivity contribution >= 4 is 61.9 Å². The molecule has 0 saturated heterocycles. The Labute approximate surface area is 171 Å². The van der Waals surface area contributed by atoms with Crippen molar-refractivity contribution in [3.63, 3.8) is 0 Å². The monoisotopic (exact) mass is 424 g/mol. The molecule has 0 bridgehead atoms. The minimum atomic E-state index is -0.427. The molecule has 0 radical (unpaired) electrons. The van der Waals surface area contributed by atoms with Gasteiger partial charge in [-0.15, -0.1) is 22.7 Å². The molecule has 28 heavy (non-hydrogen) atoms. The van der Waals surface area contributed by atoms with Gasteiger partial charge in [-0.25, -0.2) is 9.97 Å². The van der Waals surface area contributed by atoms with Crippen LogP contribution in [0, 0.1) is 0 Å². The number of rotatable bonds is 4. The molecular formula is C19H12N4O2S3. The van der Waals surface area contributed by atoms with Crippen molar-refractivity contribution in [2.24, 2.45) is 0 Å². The molecule has 0 unspecified atom stereocenters. The van der Waals surface area contributed by atoms with Crippen molar-refractivity contribution in [3.05, 3.63) is 51.5 Å². The summed E-state index contributed by atoms with van der Waals surface area (Å²) in [6.45, 7) is 0. The van der Waals surface area contributed by atoms with E-state index < -0.39 is 11.8 Å². The van der Waals surface area contributed by atoms with E-state index in [1.54, 1.807) is 46.0 Å². The summed E-state index contributed by atoms with van der Waals surface area (Å²) >= 11 is 4.72. The summed E-state index contributed by atoms with van der Waals surface area (Å²) in [7, 11) is 1.75. The largest absolute Gasteiger partial charge is 0.324 e. The summed E-state index contributed by atoms with van der Waals surface area (Å²) in [5, 5.41) is 11.3. The van der Waals surface area contributed by atoms with Crippen LogP contribution in [0.1, 0.15) is 0 Å². The maximum absolute atomic E-state index is 12.2. The number of nitrogens with one attached hydrogen (secondary N) is 1. The van der Waals surface area contributed by atoms with Crippen LogP contribution in [0.4, 0.5) is 5.82 Å². The number of hydrogen-bond acceptors (Lipinski definition) is 8. The van der Waals surface area contributed by atoms with Gasteiger partial charge >= 0.3 is 0 Å². The van der Waals surface area contributed by atoms with E-state index in [2.05, 4.69) is 16.1 Å². The second-order valence-corrected chi connectivity index (χ2v) is 8.68. The number of fused-ring (bicyclic) bond motifs is 1. The molecule has 0 aromatic carbocycles. The summed E-state index contributed by atoms with van der Waals surface area (Å²) in [6, 6.07) is 5.97. The first-order valence-electron chi connectivity index (χ1n) is 8.28. The van der Waals surface area contributed by atoms with E-state index in [1.807, 2.05) is 29.0 Å². The molecule has 0 fully saturated rings. The fraction of sp³-hybridized carbons (Fsp3) is 0.0526. The van der Waals surface area contributed by atoms with Crippen LogP contribution < -0.4 is 10.2 Å². The van der Waals surface area contributed by atoms with Gasteiger partial charge in [-0.05, 0) is 33.8 Å². The number of aromatic nitrogens is 2. The molecular weight excluding hydrogens is 412 g/mol. The van der Waals surface area contributed by atoms with Crippen molar-refractivity contribution < 1.29 is 9.59 Å². The van der Waals surface area contributed by atoms with Crippen molar-refractivity contribution in [1.29, 1.82) is 0 Å². The molecule has 4 aromatic rings. The predicted molar refractivity (Wildman–Crippen MR) is 114 cm³/mol. The highest BCUT2D eigenvalue weighted by Crippen LogP contribution is 2.41. The van der Waals surface area contributed by atoms with E-state index in [-0.39, 0.29) is 5.70 Å². The van der Waals surface area contributed by atoms with E-state index in [0.29, 0.717) is 11.6 Å². The van der Waals surface area contributed by atoms with Gasteiger partial charge in [-0.1, -0.05) is 6.07 Å². The Balaban J connectivity index is 1.77. The third-order valence-corrected chi connectivity index (χ3v) is 6.83. The standard InChI is InChI=1S/C19H12N4O2S3/c1-23(12-7-14(24)20-18(12)25)17-15-11(10-4-6-26-8-10)9-28-19(15)22-16(21-17)13-3-2-5-27-13/h2-9H,1H3,(H,20,24,25). The molecule has 0 saturated carbocycles. The fourth-order valence-corrected chi connectivity index (χ4v) is 5.33. The molecule has 9 heteroatoms. The zero-order valence-electron chi connectivity index (χ0n) is 14.5. The minimum absolute atomic E-state index is 0.268. The van der Waals surface area contributed by atoms with Gasteiger partial charge in [-0.3, -0.25) is 14.9 Å². The van der Waals surface area contributed by atoms with E-state index in [4.69, 9.17) is 9.97 Å².